The zero-order chi connectivity index (χ0) is 15.9. The van der Waals surface area contributed by atoms with Crippen molar-refractivity contribution < 1.29 is 17.9 Å². The van der Waals surface area contributed by atoms with Crippen molar-refractivity contribution in [3.63, 3.8) is 0 Å². The van der Waals surface area contributed by atoms with Gasteiger partial charge in [-0.15, -0.1) is 0 Å². The highest BCUT2D eigenvalue weighted by Gasteiger charge is 2.27. The zero-order valence-corrected chi connectivity index (χ0v) is 13.2. The van der Waals surface area contributed by atoms with Gasteiger partial charge >= 0.3 is 6.18 Å². The molecule has 0 amide bonds. The molecule has 0 aliphatic carbocycles. The monoisotopic (exact) mass is 343 g/mol. The van der Waals surface area contributed by atoms with Crippen molar-refractivity contribution in [2.45, 2.75) is 32.0 Å². The van der Waals surface area contributed by atoms with E-state index in [4.69, 9.17) is 23.2 Å². The Bertz CT molecular complexity index is 441. The summed E-state index contributed by atoms with van der Waals surface area (Å²) >= 11 is 12.1. The lowest BCUT2D eigenvalue weighted by atomic mass is 10.0. The molecule has 0 fully saturated rings. The summed E-state index contributed by atoms with van der Waals surface area (Å²) in [6.45, 7) is 1.48. The second-order valence-corrected chi connectivity index (χ2v) is 5.39. The number of rotatable bonds is 8. The summed E-state index contributed by atoms with van der Waals surface area (Å²) in [5.74, 6) is 0. The van der Waals surface area contributed by atoms with Gasteiger partial charge in [0.25, 0.3) is 0 Å². The third-order valence-electron chi connectivity index (χ3n) is 2.81. The molecular formula is C14H18Cl2F3NO. The van der Waals surface area contributed by atoms with Crippen molar-refractivity contribution in [2.24, 2.45) is 0 Å². The predicted molar refractivity (Wildman–Crippen MR) is 79.0 cm³/mol. The maximum Gasteiger partial charge on any atom is 0.411 e. The molecule has 1 unspecified atom stereocenters. The van der Waals surface area contributed by atoms with E-state index in [2.05, 4.69) is 10.1 Å². The van der Waals surface area contributed by atoms with Gasteiger partial charge in [-0.1, -0.05) is 42.3 Å². The molecule has 7 heteroatoms. The van der Waals surface area contributed by atoms with Crippen molar-refractivity contribution in [1.29, 1.82) is 0 Å². The summed E-state index contributed by atoms with van der Waals surface area (Å²) in [5.41, 5.74) is 0.772. The fraction of sp³-hybridized carbons (Fsp3) is 0.571. The van der Waals surface area contributed by atoms with Gasteiger partial charge in [0.15, 0.2) is 0 Å². The lowest BCUT2D eigenvalue weighted by Gasteiger charge is -2.21. The Morgan fingerprint density at radius 1 is 1.29 bits per heavy atom. The summed E-state index contributed by atoms with van der Waals surface area (Å²) in [4.78, 5) is 0. The lowest BCUT2D eigenvalue weighted by molar-refractivity contribution is -0.174. The Labute approximate surface area is 132 Å². The third kappa shape index (κ3) is 6.87. The van der Waals surface area contributed by atoms with Crippen LogP contribution < -0.4 is 5.32 Å². The second-order valence-electron chi connectivity index (χ2n) is 4.61. The molecule has 0 aliphatic rings. The number of ether oxygens (including phenoxy) is 1. The minimum Gasteiger partial charge on any atom is -0.372 e. The van der Waals surface area contributed by atoms with E-state index in [1.807, 2.05) is 13.0 Å². The van der Waals surface area contributed by atoms with Crippen molar-refractivity contribution in [1.82, 2.24) is 5.32 Å². The lowest BCUT2D eigenvalue weighted by Crippen LogP contribution is -2.25. The van der Waals surface area contributed by atoms with Crippen LogP contribution in [0.3, 0.4) is 0 Å². The van der Waals surface area contributed by atoms with Gasteiger partial charge in [-0.3, -0.25) is 0 Å². The van der Waals surface area contributed by atoms with E-state index in [0.717, 1.165) is 18.5 Å². The smallest absolute Gasteiger partial charge is 0.372 e. The van der Waals surface area contributed by atoms with Crippen molar-refractivity contribution >= 4 is 23.2 Å². The van der Waals surface area contributed by atoms with Crippen LogP contribution >= 0.6 is 23.2 Å². The van der Waals surface area contributed by atoms with Gasteiger partial charge in [0, 0.05) is 12.6 Å². The van der Waals surface area contributed by atoms with Gasteiger partial charge in [0.1, 0.15) is 6.61 Å². The highest BCUT2D eigenvalue weighted by atomic mass is 35.5. The molecule has 0 saturated carbocycles. The van der Waals surface area contributed by atoms with Crippen molar-refractivity contribution in [3.05, 3.63) is 33.8 Å². The van der Waals surface area contributed by atoms with Crippen LogP contribution in [0.15, 0.2) is 18.2 Å². The molecule has 1 N–H and O–H groups in total. The first-order valence-corrected chi connectivity index (χ1v) is 7.42. The quantitative estimate of drug-likeness (QED) is 0.670. The molecule has 1 atom stereocenters. The van der Waals surface area contributed by atoms with Gasteiger partial charge in [0.2, 0.25) is 0 Å². The molecule has 120 valence electrons. The number of alkyl halides is 3. The normalized spacial score (nSPS) is 13.4. The van der Waals surface area contributed by atoms with E-state index < -0.39 is 12.8 Å². The Hall–Kier alpha value is -0.490. The zero-order valence-electron chi connectivity index (χ0n) is 11.6. The molecule has 0 saturated heterocycles. The van der Waals surface area contributed by atoms with Crippen LogP contribution in [-0.2, 0) is 4.74 Å². The van der Waals surface area contributed by atoms with Gasteiger partial charge in [-0.25, -0.2) is 0 Å². The minimum absolute atomic E-state index is 0.0102. The first-order chi connectivity index (χ1) is 9.85. The van der Waals surface area contributed by atoms with Gasteiger partial charge < -0.3 is 10.1 Å². The second kappa shape index (κ2) is 8.83. The van der Waals surface area contributed by atoms with E-state index in [9.17, 15) is 13.2 Å². The topological polar surface area (TPSA) is 21.3 Å². The molecule has 1 aromatic rings. The fourth-order valence-corrected chi connectivity index (χ4v) is 2.30. The van der Waals surface area contributed by atoms with E-state index >= 15 is 0 Å². The predicted octanol–water partition coefficient (Wildman–Crippen LogP) is 5.00. The van der Waals surface area contributed by atoms with Crippen LogP contribution in [0.25, 0.3) is 0 Å². The molecule has 0 aliphatic heterocycles. The standard InChI is InChI=1S/C14H18Cl2F3NO/c1-2-7-20-12(6-8-21-9-14(17,18)19)10-4-3-5-11(15)13(10)16/h3-5,12,20H,2,6-9H2,1H3. The average molecular weight is 344 g/mol. The highest BCUT2D eigenvalue weighted by Crippen LogP contribution is 2.31. The Kier molecular flexibility index (Phi) is 7.81. The average Bonchev–Trinajstić information content (AvgIpc) is 2.40. The number of nitrogens with one attached hydrogen (secondary N) is 1. The first kappa shape index (κ1) is 18.6. The van der Waals surface area contributed by atoms with Crippen LogP contribution in [0.1, 0.15) is 31.4 Å². The van der Waals surface area contributed by atoms with Crippen LogP contribution in [0.4, 0.5) is 13.2 Å². The molecule has 21 heavy (non-hydrogen) atoms. The molecule has 0 bridgehead atoms. The van der Waals surface area contributed by atoms with Crippen LogP contribution in [-0.4, -0.2) is 25.9 Å². The van der Waals surface area contributed by atoms with E-state index in [-0.39, 0.29) is 12.6 Å². The van der Waals surface area contributed by atoms with E-state index in [0.29, 0.717) is 16.5 Å². The maximum absolute atomic E-state index is 12.0. The summed E-state index contributed by atoms with van der Waals surface area (Å²) in [5, 5.41) is 4.09. The maximum atomic E-state index is 12.0. The van der Waals surface area contributed by atoms with Crippen molar-refractivity contribution in [3.8, 4) is 0 Å². The van der Waals surface area contributed by atoms with Crippen LogP contribution in [0, 0.1) is 0 Å². The molecule has 1 rings (SSSR count). The molecule has 2 nitrogen and oxygen atoms in total. The number of benzene rings is 1. The summed E-state index contributed by atoms with van der Waals surface area (Å²) < 4.78 is 40.8. The Morgan fingerprint density at radius 2 is 2.00 bits per heavy atom. The van der Waals surface area contributed by atoms with Crippen LogP contribution in [0.5, 0.6) is 0 Å². The minimum atomic E-state index is -4.31. The molecule has 0 spiro atoms. The largest absolute Gasteiger partial charge is 0.411 e. The van der Waals surface area contributed by atoms with E-state index in [1.165, 1.54) is 0 Å². The first-order valence-electron chi connectivity index (χ1n) is 6.67. The van der Waals surface area contributed by atoms with E-state index in [1.54, 1.807) is 12.1 Å². The van der Waals surface area contributed by atoms with Crippen LogP contribution in [0.2, 0.25) is 10.0 Å². The Balaban J connectivity index is 2.65. The van der Waals surface area contributed by atoms with Crippen molar-refractivity contribution in [2.75, 3.05) is 19.8 Å². The highest BCUT2D eigenvalue weighted by molar-refractivity contribution is 6.42. The molecule has 0 aromatic heterocycles. The summed E-state index contributed by atoms with van der Waals surface area (Å²) in [6, 6.07) is 5.06. The summed E-state index contributed by atoms with van der Waals surface area (Å²) in [6.07, 6.45) is -3.02. The van der Waals surface area contributed by atoms with Gasteiger partial charge in [-0.2, -0.15) is 13.2 Å². The number of halogens is 5. The third-order valence-corrected chi connectivity index (χ3v) is 3.65. The van der Waals surface area contributed by atoms with Gasteiger partial charge in [-0.05, 0) is 31.0 Å². The number of hydrogen-bond acceptors (Lipinski definition) is 2. The molecule has 0 radical (unpaired) electrons. The fourth-order valence-electron chi connectivity index (χ4n) is 1.86. The number of hydrogen-bond donors (Lipinski definition) is 1. The Morgan fingerprint density at radius 3 is 2.62 bits per heavy atom. The molecule has 1 aromatic carbocycles. The summed E-state index contributed by atoms with van der Waals surface area (Å²) in [7, 11) is 0. The van der Waals surface area contributed by atoms with Gasteiger partial charge in [0.05, 0.1) is 10.0 Å². The SMILES string of the molecule is CCCNC(CCOCC(F)(F)F)c1cccc(Cl)c1Cl. The molecular weight excluding hydrogens is 326 g/mol. The molecule has 0 heterocycles.